The highest BCUT2D eigenvalue weighted by Crippen LogP contribution is 2.25. The SMILES string of the molecule is CC(=O)N1CCN([C@H]2CN(CC(=O)NCC3CCC3)C[C@@H]2C)CC1. The van der Waals surface area contributed by atoms with E-state index < -0.39 is 0 Å². The molecule has 3 rings (SSSR count). The van der Waals surface area contributed by atoms with Gasteiger partial charge in [-0.25, -0.2) is 0 Å². The second-order valence-corrected chi connectivity index (χ2v) is 7.88. The summed E-state index contributed by atoms with van der Waals surface area (Å²) in [6, 6.07) is 0.513. The number of carbonyl (C=O) groups is 2. The standard InChI is InChI=1S/C18H32N4O2/c1-14-11-20(13-18(24)19-10-16-4-3-5-16)12-17(14)22-8-6-21(7-9-22)15(2)23/h14,16-17H,3-13H2,1-2H3,(H,19,24)/t14-,17-/m0/s1. The van der Waals surface area contributed by atoms with Crippen LogP contribution in [0.2, 0.25) is 0 Å². The van der Waals surface area contributed by atoms with Gasteiger partial charge in [-0.15, -0.1) is 0 Å². The van der Waals surface area contributed by atoms with Crippen LogP contribution in [-0.4, -0.2) is 84.9 Å². The van der Waals surface area contributed by atoms with Crippen LogP contribution in [0.5, 0.6) is 0 Å². The van der Waals surface area contributed by atoms with Gasteiger partial charge in [-0.2, -0.15) is 0 Å². The van der Waals surface area contributed by atoms with Gasteiger partial charge >= 0.3 is 0 Å². The van der Waals surface area contributed by atoms with E-state index in [-0.39, 0.29) is 11.8 Å². The fourth-order valence-electron chi connectivity index (χ4n) is 4.23. The van der Waals surface area contributed by atoms with E-state index in [0.717, 1.165) is 51.7 Å². The highest BCUT2D eigenvalue weighted by atomic mass is 16.2. The quantitative estimate of drug-likeness (QED) is 0.789. The molecule has 0 aromatic heterocycles. The molecule has 0 unspecified atom stereocenters. The normalized spacial score (nSPS) is 29.5. The molecule has 2 atom stereocenters. The Kier molecular flexibility index (Phi) is 5.76. The van der Waals surface area contributed by atoms with Gasteiger partial charge in [0.2, 0.25) is 11.8 Å². The summed E-state index contributed by atoms with van der Waals surface area (Å²) in [7, 11) is 0. The van der Waals surface area contributed by atoms with Gasteiger partial charge in [-0.1, -0.05) is 13.3 Å². The first-order valence-corrected chi connectivity index (χ1v) is 9.51. The lowest BCUT2D eigenvalue weighted by Crippen LogP contribution is -2.53. The minimum Gasteiger partial charge on any atom is -0.355 e. The molecule has 6 heteroatoms. The molecule has 2 saturated heterocycles. The van der Waals surface area contributed by atoms with Crippen molar-refractivity contribution in [3.05, 3.63) is 0 Å². The van der Waals surface area contributed by atoms with Crippen LogP contribution in [0.4, 0.5) is 0 Å². The largest absolute Gasteiger partial charge is 0.355 e. The van der Waals surface area contributed by atoms with Crippen molar-refractivity contribution in [2.75, 3.05) is 52.4 Å². The van der Waals surface area contributed by atoms with E-state index in [1.165, 1.54) is 19.3 Å². The number of carbonyl (C=O) groups excluding carboxylic acids is 2. The van der Waals surface area contributed by atoms with Crippen LogP contribution in [0.15, 0.2) is 0 Å². The third-order valence-corrected chi connectivity index (χ3v) is 6.06. The van der Waals surface area contributed by atoms with Gasteiger partial charge in [-0.05, 0) is 24.7 Å². The van der Waals surface area contributed by atoms with Crippen LogP contribution < -0.4 is 5.32 Å². The topological polar surface area (TPSA) is 55.9 Å². The van der Waals surface area contributed by atoms with Crippen molar-refractivity contribution in [3.63, 3.8) is 0 Å². The first-order chi connectivity index (χ1) is 11.5. The molecule has 3 fully saturated rings. The van der Waals surface area contributed by atoms with E-state index in [0.29, 0.717) is 18.5 Å². The van der Waals surface area contributed by atoms with E-state index in [9.17, 15) is 9.59 Å². The Bertz CT molecular complexity index is 458. The van der Waals surface area contributed by atoms with E-state index in [1.807, 2.05) is 4.90 Å². The van der Waals surface area contributed by atoms with Gasteiger partial charge in [-0.3, -0.25) is 19.4 Å². The maximum atomic E-state index is 12.1. The molecule has 1 saturated carbocycles. The first kappa shape index (κ1) is 17.7. The Morgan fingerprint density at radius 2 is 1.79 bits per heavy atom. The number of amides is 2. The van der Waals surface area contributed by atoms with Crippen molar-refractivity contribution in [1.82, 2.24) is 20.0 Å². The van der Waals surface area contributed by atoms with Gasteiger partial charge in [0.1, 0.15) is 0 Å². The highest BCUT2D eigenvalue weighted by Gasteiger charge is 2.36. The summed E-state index contributed by atoms with van der Waals surface area (Å²) in [4.78, 5) is 30.3. The molecule has 0 radical (unpaired) electrons. The monoisotopic (exact) mass is 336 g/mol. The molecule has 0 bridgehead atoms. The second-order valence-electron chi connectivity index (χ2n) is 7.88. The average molecular weight is 336 g/mol. The molecule has 3 aliphatic rings. The lowest BCUT2D eigenvalue weighted by atomic mass is 9.85. The summed E-state index contributed by atoms with van der Waals surface area (Å²) in [6.45, 7) is 10.9. The van der Waals surface area contributed by atoms with Gasteiger partial charge in [0.05, 0.1) is 6.54 Å². The van der Waals surface area contributed by atoms with E-state index in [4.69, 9.17) is 0 Å². The van der Waals surface area contributed by atoms with Crippen LogP contribution in [0, 0.1) is 11.8 Å². The third-order valence-electron chi connectivity index (χ3n) is 6.06. The lowest BCUT2D eigenvalue weighted by Gasteiger charge is -2.39. The fraction of sp³-hybridized carbons (Fsp3) is 0.889. The number of piperazine rings is 1. The van der Waals surface area contributed by atoms with Gasteiger partial charge in [0.15, 0.2) is 0 Å². The third kappa shape index (κ3) is 4.28. The average Bonchev–Trinajstić information content (AvgIpc) is 2.86. The number of likely N-dealkylation sites (tertiary alicyclic amines) is 1. The molecule has 1 N–H and O–H groups in total. The summed E-state index contributed by atoms with van der Waals surface area (Å²) >= 11 is 0. The molecule has 2 amide bonds. The molecule has 136 valence electrons. The second kappa shape index (κ2) is 7.83. The Balaban J connectivity index is 1.41. The summed E-state index contributed by atoms with van der Waals surface area (Å²) in [5, 5.41) is 3.10. The molecule has 2 aliphatic heterocycles. The van der Waals surface area contributed by atoms with Gasteiger partial charge in [0.25, 0.3) is 0 Å². The van der Waals surface area contributed by atoms with E-state index >= 15 is 0 Å². The fourth-order valence-corrected chi connectivity index (χ4v) is 4.23. The molecular weight excluding hydrogens is 304 g/mol. The van der Waals surface area contributed by atoms with Crippen molar-refractivity contribution in [2.45, 2.75) is 39.2 Å². The van der Waals surface area contributed by atoms with Crippen molar-refractivity contribution >= 4 is 11.8 Å². The van der Waals surface area contributed by atoms with E-state index in [2.05, 4.69) is 22.0 Å². The Morgan fingerprint density at radius 1 is 1.08 bits per heavy atom. The predicted octanol–water partition coefficient (Wildman–Crippen LogP) is 0.387. The van der Waals surface area contributed by atoms with Crippen LogP contribution in [0.25, 0.3) is 0 Å². The van der Waals surface area contributed by atoms with Crippen LogP contribution in [-0.2, 0) is 9.59 Å². The zero-order valence-corrected chi connectivity index (χ0v) is 15.2. The minimum absolute atomic E-state index is 0.177. The zero-order chi connectivity index (χ0) is 17.1. The molecular formula is C18H32N4O2. The Hall–Kier alpha value is -1.14. The van der Waals surface area contributed by atoms with Crippen molar-refractivity contribution in [1.29, 1.82) is 0 Å². The van der Waals surface area contributed by atoms with Gasteiger partial charge < -0.3 is 10.2 Å². The maximum absolute atomic E-state index is 12.1. The summed E-state index contributed by atoms with van der Waals surface area (Å²) in [6.07, 6.45) is 3.87. The summed E-state index contributed by atoms with van der Waals surface area (Å²) < 4.78 is 0. The van der Waals surface area contributed by atoms with E-state index in [1.54, 1.807) is 6.92 Å². The highest BCUT2D eigenvalue weighted by molar-refractivity contribution is 5.78. The van der Waals surface area contributed by atoms with Crippen LogP contribution >= 0.6 is 0 Å². The molecule has 1 aliphatic carbocycles. The van der Waals surface area contributed by atoms with Gasteiger partial charge in [0, 0.05) is 58.8 Å². The summed E-state index contributed by atoms with van der Waals surface area (Å²) in [5.74, 6) is 1.65. The zero-order valence-electron chi connectivity index (χ0n) is 15.2. The Labute approximate surface area is 145 Å². The lowest BCUT2D eigenvalue weighted by molar-refractivity contribution is -0.131. The number of nitrogens with zero attached hydrogens (tertiary/aromatic N) is 3. The number of hydrogen-bond donors (Lipinski definition) is 1. The molecule has 0 aromatic carbocycles. The van der Waals surface area contributed by atoms with Crippen molar-refractivity contribution < 1.29 is 9.59 Å². The molecule has 2 heterocycles. The van der Waals surface area contributed by atoms with Crippen LogP contribution in [0.1, 0.15) is 33.1 Å². The minimum atomic E-state index is 0.177. The molecule has 0 spiro atoms. The number of hydrogen-bond acceptors (Lipinski definition) is 4. The number of rotatable bonds is 5. The van der Waals surface area contributed by atoms with Crippen LogP contribution in [0.3, 0.4) is 0 Å². The van der Waals surface area contributed by atoms with Crippen molar-refractivity contribution in [3.8, 4) is 0 Å². The first-order valence-electron chi connectivity index (χ1n) is 9.51. The summed E-state index contributed by atoms with van der Waals surface area (Å²) in [5.41, 5.74) is 0. The molecule has 0 aromatic rings. The molecule has 24 heavy (non-hydrogen) atoms. The number of nitrogens with one attached hydrogen (secondary N) is 1. The Morgan fingerprint density at radius 3 is 2.38 bits per heavy atom. The maximum Gasteiger partial charge on any atom is 0.234 e. The smallest absolute Gasteiger partial charge is 0.234 e. The predicted molar refractivity (Wildman–Crippen MR) is 93.6 cm³/mol. The van der Waals surface area contributed by atoms with Crippen molar-refractivity contribution in [2.24, 2.45) is 11.8 Å². The molecule has 6 nitrogen and oxygen atoms in total.